The van der Waals surface area contributed by atoms with E-state index in [0.717, 1.165) is 15.6 Å². The van der Waals surface area contributed by atoms with Crippen LogP contribution in [0.1, 0.15) is 0 Å². The molecular formula is C13H10ClN3S. The number of aromatic amines is 1. The molecular weight excluding hydrogens is 266 g/mol. The fraction of sp³-hybridized carbons (Fsp3) is 0. The lowest BCUT2D eigenvalue weighted by Crippen LogP contribution is -1.88. The molecule has 0 saturated carbocycles. The number of benzene rings is 1. The fourth-order valence-electron chi connectivity index (χ4n) is 1.72. The van der Waals surface area contributed by atoms with E-state index in [1.54, 1.807) is 12.3 Å². The number of hydrogen-bond donors (Lipinski definition) is 2. The second kappa shape index (κ2) is 4.55. The van der Waals surface area contributed by atoms with Gasteiger partial charge in [-0.25, -0.2) is 4.98 Å². The minimum atomic E-state index is 0.568. The van der Waals surface area contributed by atoms with Crippen LogP contribution in [-0.4, -0.2) is 9.97 Å². The van der Waals surface area contributed by atoms with Crippen LogP contribution in [0.15, 0.2) is 52.6 Å². The quantitative estimate of drug-likeness (QED) is 0.744. The number of nitrogens with zero attached hydrogens (tertiary/aromatic N) is 1. The molecule has 0 aliphatic heterocycles. The van der Waals surface area contributed by atoms with Gasteiger partial charge in [0.1, 0.15) is 5.03 Å². The molecule has 0 radical (unpaired) electrons. The number of para-hydroxylation sites is 1. The van der Waals surface area contributed by atoms with Crippen molar-refractivity contribution in [2.24, 2.45) is 0 Å². The number of nitrogens with one attached hydrogen (secondary N) is 1. The Bertz CT molecular complexity index is 675. The van der Waals surface area contributed by atoms with Gasteiger partial charge < -0.3 is 10.7 Å². The van der Waals surface area contributed by atoms with Crippen molar-refractivity contribution in [3.05, 3.63) is 47.6 Å². The number of rotatable bonds is 2. The van der Waals surface area contributed by atoms with E-state index < -0.39 is 0 Å². The lowest BCUT2D eigenvalue weighted by Gasteiger charge is -2.01. The van der Waals surface area contributed by atoms with E-state index in [9.17, 15) is 0 Å². The molecule has 3 nitrogen and oxygen atoms in total. The number of nitrogen functional groups attached to an aromatic ring is 1. The average molecular weight is 276 g/mol. The van der Waals surface area contributed by atoms with Crippen molar-refractivity contribution < 1.29 is 0 Å². The molecule has 0 amide bonds. The number of halogens is 1. The Balaban J connectivity index is 1.96. The van der Waals surface area contributed by atoms with Crippen LogP contribution in [0, 0.1) is 0 Å². The van der Waals surface area contributed by atoms with Gasteiger partial charge >= 0.3 is 0 Å². The molecule has 3 aromatic rings. The van der Waals surface area contributed by atoms with Crippen molar-refractivity contribution in [2.45, 2.75) is 10.1 Å². The lowest BCUT2D eigenvalue weighted by molar-refractivity contribution is 1.12. The minimum absolute atomic E-state index is 0.568. The Morgan fingerprint density at radius 2 is 2.06 bits per heavy atom. The molecule has 2 heterocycles. The Labute approximate surface area is 113 Å². The predicted molar refractivity (Wildman–Crippen MR) is 76.1 cm³/mol. The summed E-state index contributed by atoms with van der Waals surface area (Å²) >= 11 is 7.60. The molecule has 3 rings (SSSR count). The number of nitrogens with two attached hydrogens (primary N) is 1. The molecule has 0 bridgehead atoms. The summed E-state index contributed by atoms with van der Waals surface area (Å²) in [6, 6.07) is 11.9. The zero-order valence-corrected chi connectivity index (χ0v) is 10.9. The second-order valence-electron chi connectivity index (χ2n) is 3.88. The van der Waals surface area contributed by atoms with Gasteiger partial charge in [-0.1, -0.05) is 41.6 Å². The smallest absolute Gasteiger partial charge is 0.121 e. The van der Waals surface area contributed by atoms with Crippen LogP contribution in [0.4, 0.5) is 5.69 Å². The van der Waals surface area contributed by atoms with Crippen LogP contribution >= 0.6 is 23.4 Å². The van der Waals surface area contributed by atoms with Crippen molar-refractivity contribution in [3.8, 4) is 0 Å². The van der Waals surface area contributed by atoms with Gasteiger partial charge in [0.05, 0.1) is 21.9 Å². The number of anilines is 1. The monoisotopic (exact) mass is 275 g/mol. The summed E-state index contributed by atoms with van der Waals surface area (Å²) in [5.41, 5.74) is 7.29. The number of H-pyrrole nitrogens is 1. The third-order valence-corrected chi connectivity index (χ3v) is 3.90. The molecule has 1 aromatic carbocycles. The first-order valence-electron chi connectivity index (χ1n) is 5.39. The molecule has 18 heavy (non-hydrogen) atoms. The van der Waals surface area contributed by atoms with Crippen molar-refractivity contribution in [2.75, 3.05) is 5.73 Å². The summed E-state index contributed by atoms with van der Waals surface area (Å²) in [5.74, 6) is 0. The number of pyridine rings is 1. The first-order chi connectivity index (χ1) is 8.72. The zero-order chi connectivity index (χ0) is 12.5. The van der Waals surface area contributed by atoms with Gasteiger partial charge in [-0.05, 0) is 18.2 Å². The topological polar surface area (TPSA) is 54.7 Å². The standard InChI is InChI=1S/C13H10ClN3S/c14-10-6-9(15)7-16-13(10)18-12-5-8-3-1-2-4-11(8)17-12/h1-7,17H,15H2. The van der Waals surface area contributed by atoms with Gasteiger partial charge in [0.15, 0.2) is 0 Å². The molecule has 0 spiro atoms. The van der Waals surface area contributed by atoms with E-state index in [1.165, 1.54) is 17.1 Å². The van der Waals surface area contributed by atoms with E-state index in [4.69, 9.17) is 17.3 Å². The highest BCUT2D eigenvalue weighted by Crippen LogP contribution is 2.33. The minimum Gasteiger partial charge on any atom is -0.397 e. The molecule has 0 fully saturated rings. The third-order valence-electron chi connectivity index (χ3n) is 2.54. The van der Waals surface area contributed by atoms with E-state index >= 15 is 0 Å². The van der Waals surface area contributed by atoms with Crippen LogP contribution in [0.5, 0.6) is 0 Å². The molecule has 0 saturated heterocycles. The van der Waals surface area contributed by atoms with E-state index in [0.29, 0.717) is 10.7 Å². The summed E-state index contributed by atoms with van der Waals surface area (Å²) < 4.78 is 0. The van der Waals surface area contributed by atoms with Crippen molar-refractivity contribution in [1.82, 2.24) is 9.97 Å². The number of aromatic nitrogens is 2. The Kier molecular flexibility index (Phi) is 2.89. The summed E-state index contributed by atoms with van der Waals surface area (Å²) in [6.07, 6.45) is 1.61. The second-order valence-corrected chi connectivity index (χ2v) is 5.32. The van der Waals surface area contributed by atoms with Gasteiger partial charge in [0.25, 0.3) is 0 Å². The van der Waals surface area contributed by atoms with Crippen molar-refractivity contribution in [3.63, 3.8) is 0 Å². The van der Waals surface area contributed by atoms with Crippen molar-refractivity contribution >= 4 is 40.0 Å². The highest BCUT2D eigenvalue weighted by molar-refractivity contribution is 7.99. The van der Waals surface area contributed by atoms with Crippen molar-refractivity contribution in [1.29, 1.82) is 0 Å². The Morgan fingerprint density at radius 1 is 1.22 bits per heavy atom. The summed E-state index contributed by atoms with van der Waals surface area (Å²) in [7, 11) is 0. The highest BCUT2D eigenvalue weighted by Gasteiger charge is 2.07. The maximum atomic E-state index is 6.10. The Morgan fingerprint density at radius 3 is 2.83 bits per heavy atom. The van der Waals surface area contributed by atoms with Crippen LogP contribution in [-0.2, 0) is 0 Å². The molecule has 90 valence electrons. The summed E-state index contributed by atoms with van der Waals surface area (Å²) in [5, 5.41) is 3.50. The maximum Gasteiger partial charge on any atom is 0.121 e. The SMILES string of the molecule is Nc1cnc(Sc2cc3ccccc3[nH]2)c(Cl)c1. The first kappa shape index (κ1) is 11.4. The summed E-state index contributed by atoms with van der Waals surface area (Å²) in [6.45, 7) is 0. The predicted octanol–water partition coefficient (Wildman–Crippen LogP) is 3.95. The van der Waals surface area contributed by atoms with Crippen LogP contribution in [0.3, 0.4) is 0 Å². The Hall–Kier alpha value is -1.65. The largest absolute Gasteiger partial charge is 0.397 e. The molecule has 0 atom stereocenters. The zero-order valence-electron chi connectivity index (χ0n) is 9.35. The molecule has 2 aromatic heterocycles. The van der Waals surface area contributed by atoms with Crippen LogP contribution < -0.4 is 5.73 Å². The highest BCUT2D eigenvalue weighted by atomic mass is 35.5. The van der Waals surface area contributed by atoms with Gasteiger partial charge in [-0.3, -0.25) is 0 Å². The fourth-order valence-corrected chi connectivity index (χ4v) is 2.83. The van der Waals surface area contributed by atoms with Gasteiger partial charge in [-0.15, -0.1) is 0 Å². The van der Waals surface area contributed by atoms with Gasteiger partial charge in [0, 0.05) is 10.9 Å². The first-order valence-corrected chi connectivity index (χ1v) is 6.58. The normalized spacial score (nSPS) is 10.9. The van der Waals surface area contributed by atoms with E-state index in [1.807, 2.05) is 18.2 Å². The third kappa shape index (κ3) is 2.17. The summed E-state index contributed by atoms with van der Waals surface area (Å²) in [4.78, 5) is 7.55. The molecule has 0 aliphatic carbocycles. The van der Waals surface area contributed by atoms with Crippen LogP contribution in [0.2, 0.25) is 5.02 Å². The molecule has 0 aliphatic rings. The lowest BCUT2D eigenvalue weighted by atomic mass is 10.3. The number of hydrogen-bond acceptors (Lipinski definition) is 3. The number of fused-ring (bicyclic) bond motifs is 1. The van der Waals surface area contributed by atoms with E-state index in [-0.39, 0.29) is 0 Å². The molecule has 0 unspecified atom stereocenters. The van der Waals surface area contributed by atoms with Crippen LogP contribution in [0.25, 0.3) is 10.9 Å². The van der Waals surface area contributed by atoms with E-state index in [2.05, 4.69) is 22.1 Å². The van der Waals surface area contributed by atoms with Gasteiger partial charge in [-0.2, -0.15) is 0 Å². The maximum absolute atomic E-state index is 6.10. The molecule has 5 heteroatoms. The van der Waals surface area contributed by atoms with Gasteiger partial charge in [0.2, 0.25) is 0 Å². The average Bonchev–Trinajstić information content (AvgIpc) is 2.75. The molecule has 3 N–H and O–H groups in total.